The molecular formula is C12H14N4O2S. The number of rotatable bonds is 4. The predicted molar refractivity (Wildman–Crippen MR) is 77.8 cm³/mol. The van der Waals surface area contributed by atoms with Crippen molar-refractivity contribution in [3.8, 4) is 0 Å². The van der Waals surface area contributed by atoms with E-state index in [-0.39, 0.29) is 5.69 Å². The second kappa shape index (κ2) is 6.33. The van der Waals surface area contributed by atoms with Gasteiger partial charge in [-0.3, -0.25) is 20.5 Å². The summed E-state index contributed by atoms with van der Waals surface area (Å²) in [6.45, 7) is 2.84. The van der Waals surface area contributed by atoms with Crippen molar-refractivity contribution in [3.63, 3.8) is 0 Å². The van der Waals surface area contributed by atoms with Gasteiger partial charge in [0.2, 0.25) is 0 Å². The maximum absolute atomic E-state index is 10.7. The van der Waals surface area contributed by atoms with Crippen LogP contribution in [-0.4, -0.2) is 28.1 Å². The molecule has 1 N–H and O–H groups in total. The third-order valence-electron chi connectivity index (χ3n) is 2.50. The number of amidine groups is 1. The largest absolute Gasteiger partial charge is 0.270 e. The van der Waals surface area contributed by atoms with E-state index in [0.717, 1.165) is 29.4 Å². The molecule has 1 aromatic carbocycles. The van der Waals surface area contributed by atoms with Gasteiger partial charge in [0.25, 0.3) is 5.69 Å². The summed E-state index contributed by atoms with van der Waals surface area (Å²) in [6, 6.07) is 6.50. The molecule has 0 saturated heterocycles. The van der Waals surface area contributed by atoms with Gasteiger partial charge in [0.1, 0.15) is 0 Å². The molecule has 0 amide bonds. The van der Waals surface area contributed by atoms with Crippen LogP contribution in [0.1, 0.15) is 18.9 Å². The minimum atomic E-state index is -0.401. The Kier molecular flexibility index (Phi) is 4.51. The number of hydrogen-bond donors (Lipinski definition) is 1. The molecule has 6 nitrogen and oxygen atoms in total. The zero-order valence-electron chi connectivity index (χ0n) is 10.5. The van der Waals surface area contributed by atoms with Crippen LogP contribution >= 0.6 is 11.8 Å². The smallest absolute Gasteiger partial charge is 0.261 e. The maximum atomic E-state index is 10.7. The van der Waals surface area contributed by atoms with Gasteiger partial charge < -0.3 is 0 Å². The summed E-state index contributed by atoms with van der Waals surface area (Å²) in [7, 11) is 0. The van der Waals surface area contributed by atoms with E-state index in [2.05, 4.69) is 22.4 Å². The summed E-state index contributed by atoms with van der Waals surface area (Å²) < 4.78 is 0. The lowest BCUT2D eigenvalue weighted by Gasteiger charge is -2.14. The fraction of sp³-hybridized carbons (Fsp3) is 0.333. The lowest BCUT2D eigenvalue weighted by Crippen LogP contribution is -2.25. The number of nitro benzene ring substituents is 1. The van der Waals surface area contributed by atoms with E-state index < -0.39 is 4.92 Å². The fourth-order valence-electron chi connectivity index (χ4n) is 1.56. The van der Waals surface area contributed by atoms with Crippen molar-refractivity contribution < 1.29 is 4.92 Å². The molecule has 0 aliphatic carbocycles. The molecule has 19 heavy (non-hydrogen) atoms. The molecular weight excluding hydrogens is 264 g/mol. The third kappa shape index (κ3) is 3.54. The van der Waals surface area contributed by atoms with Crippen LogP contribution in [0.5, 0.6) is 0 Å². The van der Waals surface area contributed by atoms with Crippen LogP contribution in [0.15, 0.2) is 34.4 Å². The summed E-state index contributed by atoms with van der Waals surface area (Å²) in [5.74, 6) is 0.663. The first kappa shape index (κ1) is 13.5. The van der Waals surface area contributed by atoms with Crippen LogP contribution in [0.4, 0.5) is 5.69 Å². The number of hydrazone groups is 1. The first-order valence-corrected chi connectivity index (χ1v) is 6.94. The van der Waals surface area contributed by atoms with Crippen molar-refractivity contribution in [1.29, 1.82) is 0 Å². The van der Waals surface area contributed by atoms with Crippen LogP contribution in [0.3, 0.4) is 0 Å². The second-order valence-electron chi connectivity index (χ2n) is 3.95. The number of nitro groups is 1. The Bertz CT molecular complexity index is 542. The minimum Gasteiger partial charge on any atom is -0.261 e. The number of hydrogen-bond acceptors (Lipinski definition) is 5. The van der Waals surface area contributed by atoms with E-state index in [1.807, 2.05) is 6.07 Å². The molecule has 0 atom stereocenters. The van der Waals surface area contributed by atoms with Crippen molar-refractivity contribution in [2.45, 2.75) is 13.3 Å². The topological polar surface area (TPSA) is 79.9 Å². The van der Waals surface area contributed by atoms with Crippen molar-refractivity contribution in [3.05, 3.63) is 39.9 Å². The van der Waals surface area contributed by atoms with Crippen molar-refractivity contribution in [2.75, 3.05) is 12.3 Å². The molecule has 0 radical (unpaired) electrons. The normalized spacial score (nSPS) is 16.9. The second-order valence-corrected chi connectivity index (χ2v) is 4.92. The average molecular weight is 278 g/mol. The van der Waals surface area contributed by atoms with Gasteiger partial charge in [0.15, 0.2) is 5.17 Å². The standard InChI is InChI=1S/C12H14N4O2S/c1-2-6-13-12-15-14-11(8-19-12)9-4-3-5-10(7-9)16(17)18/h3-5,7H,2,6,8H2,1H3,(H,13,15). The van der Waals surface area contributed by atoms with E-state index in [4.69, 9.17) is 0 Å². The lowest BCUT2D eigenvalue weighted by atomic mass is 10.1. The van der Waals surface area contributed by atoms with Crippen molar-refractivity contribution in [2.24, 2.45) is 10.1 Å². The highest BCUT2D eigenvalue weighted by molar-refractivity contribution is 8.14. The summed E-state index contributed by atoms with van der Waals surface area (Å²) in [5, 5.41) is 15.8. The first-order valence-electron chi connectivity index (χ1n) is 5.95. The van der Waals surface area contributed by atoms with E-state index in [1.54, 1.807) is 17.8 Å². The quantitative estimate of drug-likeness (QED) is 0.677. The van der Waals surface area contributed by atoms with E-state index in [1.165, 1.54) is 12.1 Å². The highest BCUT2D eigenvalue weighted by Gasteiger charge is 2.15. The number of benzene rings is 1. The summed E-state index contributed by atoms with van der Waals surface area (Å²) in [6.07, 6.45) is 0.993. The highest BCUT2D eigenvalue weighted by Crippen LogP contribution is 2.18. The molecule has 0 fully saturated rings. The van der Waals surface area contributed by atoms with E-state index in [0.29, 0.717) is 5.75 Å². The Morgan fingerprint density at radius 3 is 3.05 bits per heavy atom. The first-order chi connectivity index (χ1) is 9.20. The number of aliphatic imine (C=N–C) groups is 1. The molecule has 0 unspecified atom stereocenters. The molecule has 0 saturated carbocycles. The molecule has 100 valence electrons. The molecule has 1 heterocycles. The zero-order valence-corrected chi connectivity index (χ0v) is 11.3. The average Bonchev–Trinajstić information content (AvgIpc) is 2.46. The summed E-state index contributed by atoms with van der Waals surface area (Å²) in [4.78, 5) is 14.7. The molecule has 2 rings (SSSR count). The lowest BCUT2D eigenvalue weighted by molar-refractivity contribution is -0.384. The third-order valence-corrected chi connectivity index (χ3v) is 3.41. The number of nitrogens with zero attached hydrogens (tertiary/aromatic N) is 3. The Balaban J connectivity index is 2.14. The number of nitrogens with one attached hydrogen (secondary N) is 1. The van der Waals surface area contributed by atoms with Crippen LogP contribution in [0.2, 0.25) is 0 Å². The Hall–Kier alpha value is -1.89. The highest BCUT2D eigenvalue weighted by atomic mass is 32.2. The van der Waals surface area contributed by atoms with E-state index >= 15 is 0 Å². The Labute approximate surface area is 115 Å². The molecule has 0 bridgehead atoms. The minimum absolute atomic E-state index is 0.0793. The molecule has 1 aromatic rings. The monoisotopic (exact) mass is 278 g/mol. The van der Waals surface area contributed by atoms with Gasteiger partial charge in [-0.25, -0.2) is 0 Å². The molecule has 7 heteroatoms. The SMILES string of the molecule is CCCN=C1NN=C(c2cccc([N+](=O)[O-])c2)CS1. The van der Waals surface area contributed by atoms with Gasteiger partial charge in [-0.05, 0) is 6.42 Å². The molecule has 1 aliphatic heterocycles. The molecule has 1 aliphatic rings. The Morgan fingerprint density at radius 1 is 1.58 bits per heavy atom. The molecule has 0 aromatic heterocycles. The Morgan fingerprint density at radius 2 is 2.42 bits per heavy atom. The van der Waals surface area contributed by atoms with Gasteiger partial charge in [0, 0.05) is 30.0 Å². The number of non-ortho nitro benzene ring substituents is 1. The maximum Gasteiger partial charge on any atom is 0.270 e. The van der Waals surface area contributed by atoms with Crippen molar-refractivity contribution in [1.82, 2.24) is 5.43 Å². The van der Waals surface area contributed by atoms with Gasteiger partial charge >= 0.3 is 0 Å². The number of thioether (sulfide) groups is 1. The summed E-state index contributed by atoms with van der Waals surface area (Å²) >= 11 is 1.56. The van der Waals surface area contributed by atoms with Crippen LogP contribution < -0.4 is 5.43 Å². The summed E-state index contributed by atoms with van der Waals surface area (Å²) in [5.41, 5.74) is 4.52. The van der Waals surface area contributed by atoms with Crippen LogP contribution in [0.25, 0.3) is 0 Å². The van der Waals surface area contributed by atoms with Gasteiger partial charge in [-0.2, -0.15) is 5.10 Å². The van der Waals surface area contributed by atoms with E-state index in [9.17, 15) is 10.1 Å². The van der Waals surface area contributed by atoms with Crippen molar-refractivity contribution >= 4 is 28.3 Å². The zero-order chi connectivity index (χ0) is 13.7. The molecule has 0 spiro atoms. The van der Waals surface area contributed by atoms with Gasteiger partial charge in [-0.1, -0.05) is 30.8 Å². The van der Waals surface area contributed by atoms with Crippen LogP contribution in [-0.2, 0) is 0 Å². The predicted octanol–water partition coefficient (Wildman–Crippen LogP) is 2.40. The van der Waals surface area contributed by atoms with Crippen LogP contribution in [0, 0.1) is 10.1 Å². The van der Waals surface area contributed by atoms with Gasteiger partial charge in [0.05, 0.1) is 10.6 Å². The van der Waals surface area contributed by atoms with Gasteiger partial charge in [-0.15, -0.1) is 0 Å². The fourth-order valence-corrected chi connectivity index (χ4v) is 2.36.